The Labute approximate surface area is 301 Å². The Morgan fingerprint density at radius 1 is 0.887 bits per heavy atom. The Kier molecular flexibility index (Phi) is 13.8. The second kappa shape index (κ2) is 18.7. The number of rotatable bonds is 19. The quantitative estimate of drug-likeness (QED) is 0.0591. The minimum Gasteiger partial charge on any atom is -0.480 e. The Bertz CT molecular complexity index is 1990. The monoisotopic (exact) mass is 734 g/mol. The van der Waals surface area contributed by atoms with Crippen molar-refractivity contribution < 1.29 is 38.6 Å². The standard InChI is InChI=1S/C34H39FN10O8/c35-20-8-4-18(5-9-20)15-23(36)30(48)38-14-2-1-3-24(32(50)51)42-26(46)13-12-25(33(52)53)43-29(47)19-6-10-21(11-7-19)39-16-22-17-40-28-27(41-22)31(49)45-34(37)44-28/h4-11,17,23-25,39H,1-3,12-16,36H2,(H,38,48)(H,42,46)(H,43,47)(H,50,51)(H,52,53)(H3,37,40,44,45,49)/t23?,24-,25?/m0/s1. The maximum Gasteiger partial charge on any atom is 0.326 e. The number of aromatic nitrogens is 4. The van der Waals surface area contributed by atoms with Crippen LogP contribution in [0.1, 0.15) is 53.7 Å². The van der Waals surface area contributed by atoms with Crippen LogP contribution in [0.25, 0.3) is 11.2 Å². The van der Waals surface area contributed by atoms with Gasteiger partial charge in [-0.2, -0.15) is 4.98 Å². The number of carbonyl (C=O) groups is 5. The molecular formula is C34H39FN10O8. The number of carboxylic acids is 2. The van der Waals surface area contributed by atoms with E-state index in [0.29, 0.717) is 29.8 Å². The van der Waals surface area contributed by atoms with E-state index in [9.17, 15) is 43.4 Å². The van der Waals surface area contributed by atoms with Gasteiger partial charge in [-0.15, -0.1) is 0 Å². The Morgan fingerprint density at radius 3 is 2.25 bits per heavy atom. The fourth-order valence-corrected chi connectivity index (χ4v) is 5.07. The molecule has 11 N–H and O–H groups in total. The smallest absolute Gasteiger partial charge is 0.326 e. The molecule has 280 valence electrons. The minimum atomic E-state index is -1.44. The van der Waals surface area contributed by atoms with E-state index >= 15 is 0 Å². The number of hydrogen-bond acceptors (Lipinski definition) is 12. The first-order valence-electron chi connectivity index (χ1n) is 16.5. The van der Waals surface area contributed by atoms with E-state index < -0.39 is 59.2 Å². The van der Waals surface area contributed by atoms with Gasteiger partial charge in [-0.25, -0.2) is 23.9 Å². The number of nitrogens with zero attached hydrogens (tertiary/aromatic N) is 3. The van der Waals surface area contributed by atoms with E-state index in [0.717, 1.165) is 0 Å². The number of aromatic amines is 1. The summed E-state index contributed by atoms with van der Waals surface area (Å²) in [6, 6.07) is 8.14. The van der Waals surface area contributed by atoms with Crippen molar-refractivity contribution in [1.82, 2.24) is 35.9 Å². The van der Waals surface area contributed by atoms with Gasteiger partial charge in [-0.1, -0.05) is 12.1 Å². The fourth-order valence-electron chi connectivity index (χ4n) is 5.07. The van der Waals surface area contributed by atoms with Crippen molar-refractivity contribution in [3.63, 3.8) is 0 Å². The van der Waals surface area contributed by atoms with E-state index in [-0.39, 0.29) is 61.4 Å². The highest BCUT2D eigenvalue weighted by molar-refractivity contribution is 5.97. The van der Waals surface area contributed by atoms with E-state index in [1.165, 1.54) is 42.6 Å². The van der Waals surface area contributed by atoms with Crippen molar-refractivity contribution in [1.29, 1.82) is 0 Å². The summed E-state index contributed by atoms with van der Waals surface area (Å²) in [6.07, 6.45) is 1.74. The molecule has 0 fully saturated rings. The zero-order chi connectivity index (χ0) is 38.5. The number of unbranched alkanes of at least 4 members (excludes halogenated alkanes) is 1. The lowest BCUT2D eigenvalue weighted by Gasteiger charge is -2.17. The number of nitrogen functional groups attached to an aromatic ring is 1. The first-order valence-corrected chi connectivity index (χ1v) is 16.5. The van der Waals surface area contributed by atoms with Crippen LogP contribution in [0.3, 0.4) is 0 Å². The minimum absolute atomic E-state index is 0.0240. The largest absolute Gasteiger partial charge is 0.480 e. The predicted octanol–water partition coefficient (Wildman–Crippen LogP) is 0.436. The van der Waals surface area contributed by atoms with E-state index in [1.54, 1.807) is 12.1 Å². The number of hydrogen-bond donors (Lipinski definition) is 9. The van der Waals surface area contributed by atoms with Gasteiger partial charge in [0.15, 0.2) is 11.2 Å². The number of amides is 3. The maximum absolute atomic E-state index is 13.1. The van der Waals surface area contributed by atoms with Crippen molar-refractivity contribution in [2.45, 2.75) is 63.2 Å². The van der Waals surface area contributed by atoms with Crippen molar-refractivity contribution in [3.05, 3.63) is 87.7 Å². The lowest BCUT2D eigenvalue weighted by Crippen LogP contribution is -2.44. The number of carboxylic acid groups (broad SMARTS) is 2. The number of fused-ring (bicyclic) bond motifs is 1. The Balaban J connectivity index is 1.17. The number of H-pyrrole nitrogens is 1. The number of anilines is 2. The Hall–Kier alpha value is -6.50. The Morgan fingerprint density at radius 2 is 1.57 bits per heavy atom. The van der Waals surface area contributed by atoms with Crippen molar-refractivity contribution in [2.75, 3.05) is 17.6 Å². The molecule has 18 nitrogen and oxygen atoms in total. The number of nitrogens with one attached hydrogen (secondary N) is 5. The van der Waals surface area contributed by atoms with Crippen LogP contribution in [-0.4, -0.2) is 84.5 Å². The molecule has 0 aliphatic heterocycles. The molecule has 0 bridgehead atoms. The predicted molar refractivity (Wildman–Crippen MR) is 189 cm³/mol. The van der Waals surface area contributed by atoms with Crippen LogP contribution in [0, 0.1) is 5.82 Å². The average molecular weight is 735 g/mol. The first-order chi connectivity index (χ1) is 25.3. The summed E-state index contributed by atoms with van der Waals surface area (Å²) < 4.78 is 13.1. The van der Waals surface area contributed by atoms with Gasteiger partial charge < -0.3 is 42.9 Å². The number of benzene rings is 2. The fraction of sp³-hybridized carbons (Fsp3) is 0.324. The first kappa shape index (κ1) is 39.3. The van der Waals surface area contributed by atoms with Gasteiger partial charge in [0.2, 0.25) is 17.8 Å². The van der Waals surface area contributed by atoms with Gasteiger partial charge in [0.1, 0.15) is 17.9 Å². The highest BCUT2D eigenvalue weighted by Gasteiger charge is 2.24. The molecule has 4 rings (SSSR count). The van der Waals surface area contributed by atoms with Gasteiger partial charge in [0.05, 0.1) is 24.5 Å². The molecule has 0 spiro atoms. The molecule has 4 aromatic rings. The number of nitrogens with two attached hydrogens (primary N) is 2. The molecule has 19 heteroatoms. The van der Waals surface area contributed by atoms with Crippen LogP contribution in [0.4, 0.5) is 16.0 Å². The summed E-state index contributed by atoms with van der Waals surface area (Å²) >= 11 is 0. The van der Waals surface area contributed by atoms with Crippen molar-refractivity contribution >= 4 is 52.5 Å². The third-order valence-electron chi connectivity index (χ3n) is 7.93. The van der Waals surface area contributed by atoms with Crippen molar-refractivity contribution in [2.24, 2.45) is 5.73 Å². The second-order valence-electron chi connectivity index (χ2n) is 12.0. The topological polar surface area (TPSA) is 298 Å². The van der Waals surface area contributed by atoms with Crippen molar-refractivity contribution in [3.8, 4) is 0 Å². The van der Waals surface area contributed by atoms with Crippen LogP contribution < -0.4 is 38.3 Å². The van der Waals surface area contributed by atoms with Crippen LogP contribution >= 0.6 is 0 Å². The number of aliphatic carboxylic acids is 2. The number of halogens is 1. The summed E-state index contributed by atoms with van der Waals surface area (Å²) in [5.41, 5.74) is 12.9. The van der Waals surface area contributed by atoms with Gasteiger partial charge in [-0.05, 0) is 74.1 Å². The third kappa shape index (κ3) is 12.1. The molecule has 2 unspecified atom stereocenters. The zero-order valence-electron chi connectivity index (χ0n) is 28.3. The van der Waals surface area contributed by atoms with Gasteiger partial charge in [0.25, 0.3) is 11.5 Å². The molecule has 53 heavy (non-hydrogen) atoms. The van der Waals surface area contributed by atoms with Gasteiger partial charge in [0, 0.05) is 24.2 Å². The molecule has 3 amide bonds. The van der Waals surface area contributed by atoms with Crippen LogP contribution in [0.5, 0.6) is 0 Å². The molecule has 2 aromatic carbocycles. The molecule has 2 heterocycles. The second-order valence-corrected chi connectivity index (χ2v) is 12.0. The molecule has 0 aliphatic rings. The average Bonchev–Trinajstić information content (AvgIpc) is 3.12. The molecule has 0 saturated carbocycles. The normalized spacial score (nSPS) is 12.6. The lowest BCUT2D eigenvalue weighted by atomic mass is 10.1. The third-order valence-corrected chi connectivity index (χ3v) is 7.93. The summed E-state index contributed by atoms with van der Waals surface area (Å²) in [6.45, 7) is 0.395. The van der Waals surface area contributed by atoms with Crippen LogP contribution in [-0.2, 0) is 32.1 Å². The van der Waals surface area contributed by atoms with Crippen LogP contribution in [0.15, 0.2) is 59.5 Å². The molecule has 3 atom stereocenters. The number of carbonyl (C=O) groups excluding carboxylic acids is 3. The maximum atomic E-state index is 13.1. The highest BCUT2D eigenvalue weighted by atomic mass is 19.1. The molecule has 0 aliphatic carbocycles. The molecule has 0 radical (unpaired) electrons. The molecule has 0 saturated heterocycles. The zero-order valence-corrected chi connectivity index (χ0v) is 28.3. The van der Waals surface area contributed by atoms with Crippen LogP contribution in [0.2, 0.25) is 0 Å². The summed E-state index contributed by atoms with van der Waals surface area (Å²) in [5, 5.41) is 29.7. The summed E-state index contributed by atoms with van der Waals surface area (Å²) in [4.78, 5) is 87.9. The van der Waals surface area contributed by atoms with Gasteiger partial charge in [-0.3, -0.25) is 24.2 Å². The van der Waals surface area contributed by atoms with E-state index in [2.05, 4.69) is 41.2 Å². The summed E-state index contributed by atoms with van der Waals surface area (Å²) in [5.74, 6) is -4.98. The van der Waals surface area contributed by atoms with E-state index in [4.69, 9.17) is 11.5 Å². The summed E-state index contributed by atoms with van der Waals surface area (Å²) in [7, 11) is 0. The van der Waals surface area contributed by atoms with Gasteiger partial charge >= 0.3 is 11.9 Å². The van der Waals surface area contributed by atoms with E-state index in [1.807, 2.05) is 0 Å². The molecule has 2 aromatic heterocycles. The highest BCUT2D eigenvalue weighted by Crippen LogP contribution is 2.13. The lowest BCUT2D eigenvalue weighted by molar-refractivity contribution is -0.142. The SMILES string of the molecule is Nc1nc2ncc(CNc3ccc(C(=O)NC(CCC(=O)N[C@@H](CCCCNC(=O)C(N)Cc4ccc(F)cc4)C(=O)O)C(=O)O)cc3)nc2c(=O)[nH]1. The molecular weight excluding hydrogens is 695 g/mol.